The Balaban J connectivity index is 1.71. The van der Waals surface area contributed by atoms with E-state index in [-0.39, 0.29) is 0 Å². The molecule has 0 N–H and O–H groups in total. The van der Waals surface area contributed by atoms with Gasteiger partial charge in [0.25, 0.3) is 0 Å². The maximum atomic E-state index is 4.11. The molecule has 0 bridgehead atoms. The first kappa shape index (κ1) is 33.6. The molecular weight excluding hydrogens is 625 g/mol. The van der Waals surface area contributed by atoms with E-state index >= 15 is 0 Å². The first-order valence-electron chi connectivity index (χ1n) is 17.6. The van der Waals surface area contributed by atoms with Gasteiger partial charge in [-0.3, -0.25) is 0 Å². The van der Waals surface area contributed by atoms with Crippen LogP contribution in [0.4, 0.5) is 0 Å². The van der Waals surface area contributed by atoms with Crippen molar-refractivity contribution >= 4 is 49.6 Å². The van der Waals surface area contributed by atoms with E-state index in [1.807, 2.05) is 22.7 Å². The van der Waals surface area contributed by atoms with E-state index in [0.717, 1.165) is 12.8 Å². The van der Waals surface area contributed by atoms with Gasteiger partial charge in [0.1, 0.15) is 16.1 Å². The second kappa shape index (κ2) is 12.3. The second-order valence-electron chi connectivity index (χ2n) is 15.8. The third kappa shape index (κ3) is 4.97. The van der Waals surface area contributed by atoms with Crippen molar-refractivity contribution in [2.45, 2.75) is 129 Å². The zero-order valence-electron chi connectivity index (χ0n) is 30.2. The molecule has 0 saturated heterocycles. The van der Waals surface area contributed by atoms with Crippen molar-refractivity contribution in [3.8, 4) is 43.8 Å². The van der Waals surface area contributed by atoms with Crippen LogP contribution in [0, 0.1) is 22.9 Å². The quantitative estimate of drug-likeness (QED) is 0.122. The number of fused-ring (bicyclic) bond motifs is 4. The predicted octanol–water partition coefficient (Wildman–Crippen LogP) is 13.2. The van der Waals surface area contributed by atoms with Gasteiger partial charge in [-0.1, -0.05) is 94.9 Å². The highest BCUT2D eigenvalue weighted by Gasteiger charge is 2.43. The standard InChI is InChI=1S/C42H52S2Si2/c1-25(2)45(26(3)4,27(5)6)19-15-31-21-37-40-36(24-34-14-18-43-41(34)37)32(16-20-46(28(7)8,29(9)10)30(11)12)22-38-39(40)35(31)23-33-13-17-44-42(33)38/h13-14,17-18,21-22,25-30H,23-24H2,1-12H3. The first-order valence-corrected chi connectivity index (χ1v) is 23.8. The van der Waals surface area contributed by atoms with Crippen LogP contribution in [-0.4, -0.2) is 16.1 Å². The van der Waals surface area contributed by atoms with Crippen molar-refractivity contribution in [3.05, 3.63) is 68.4 Å². The zero-order chi connectivity index (χ0) is 33.3. The topological polar surface area (TPSA) is 0 Å². The van der Waals surface area contributed by atoms with Gasteiger partial charge >= 0.3 is 0 Å². The van der Waals surface area contributed by atoms with Crippen LogP contribution in [0.3, 0.4) is 0 Å². The lowest BCUT2D eigenvalue weighted by Gasteiger charge is -2.38. The molecule has 0 radical (unpaired) electrons. The number of benzene rings is 2. The molecule has 46 heavy (non-hydrogen) atoms. The van der Waals surface area contributed by atoms with Gasteiger partial charge in [-0.05, 0) is 101 Å². The monoisotopic (exact) mass is 676 g/mol. The van der Waals surface area contributed by atoms with Crippen LogP contribution in [0.25, 0.3) is 31.7 Å². The van der Waals surface area contributed by atoms with Gasteiger partial charge in [0.15, 0.2) is 0 Å². The molecule has 0 unspecified atom stereocenters. The Bertz CT molecular complexity index is 1750. The molecule has 4 aromatic rings. The summed E-state index contributed by atoms with van der Waals surface area (Å²) in [5.74, 6) is 7.92. The van der Waals surface area contributed by atoms with Crippen LogP contribution in [-0.2, 0) is 12.8 Å². The largest absolute Gasteiger partial charge is 0.146 e. The van der Waals surface area contributed by atoms with Crippen LogP contribution in [0.2, 0.25) is 33.2 Å². The van der Waals surface area contributed by atoms with E-state index in [0.29, 0.717) is 33.2 Å². The van der Waals surface area contributed by atoms with Gasteiger partial charge in [0, 0.05) is 44.8 Å². The number of rotatable bonds is 6. The average molecular weight is 677 g/mol. The van der Waals surface area contributed by atoms with E-state index in [9.17, 15) is 0 Å². The highest BCUT2D eigenvalue weighted by molar-refractivity contribution is 7.14. The van der Waals surface area contributed by atoms with Crippen molar-refractivity contribution < 1.29 is 0 Å². The number of thiophene rings is 2. The Morgan fingerprint density at radius 3 is 1.15 bits per heavy atom. The van der Waals surface area contributed by atoms with E-state index in [2.05, 4.69) is 141 Å². The van der Waals surface area contributed by atoms with Crippen LogP contribution < -0.4 is 0 Å². The molecule has 0 nitrogen and oxygen atoms in total. The van der Waals surface area contributed by atoms with Crippen molar-refractivity contribution in [2.75, 3.05) is 0 Å². The molecule has 2 heterocycles. The summed E-state index contributed by atoms with van der Waals surface area (Å²) < 4.78 is 0. The molecule has 0 saturated carbocycles. The fraction of sp³-hybridized carbons (Fsp3) is 0.476. The van der Waals surface area contributed by atoms with Crippen molar-refractivity contribution in [1.29, 1.82) is 0 Å². The second-order valence-corrected chi connectivity index (χ2v) is 28.8. The highest BCUT2D eigenvalue weighted by Crippen LogP contribution is 2.52. The molecule has 2 aromatic carbocycles. The van der Waals surface area contributed by atoms with Crippen molar-refractivity contribution in [2.24, 2.45) is 0 Å². The molecule has 0 amide bonds. The minimum atomic E-state index is -1.89. The predicted molar refractivity (Wildman–Crippen MR) is 212 cm³/mol. The number of hydrogen-bond donors (Lipinski definition) is 0. The smallest absolute Gasteiger partial charge is 0.144 e. The summed E-state index contributed by atoms with van der Waals surface area (Å²) in [5.41, 5.74) is 23.0. The van der Waals surface area contributed by atoms with Crippen LogP contribution in [0.15, 0.2) is 35.0 Å². The Morgan fingerprint density at radius 2 is 0.848 bits per heavy atom. The first-order chi connectivity index (χ1) is 21.7. The summed E-state index contributed by atoms with van der Waals surface area (Å²) in [7, 11) is -3.78. The molecule has 2 aliphatic rings. The molecule has 0 atom stereocenters. The lowest BCUT2D eigenvalue weighted by Crippen LogP contribution is -2.43. The number of hydrogen-bond acceptors (Lipinski definition) is 2. The lowest BCUT2D eigenvalue weighted by molar-refractivity contribution is 0.838. The van der Waals surface area contributed by atoms with Gasteiger partial charge in [-0.15, -0.1) is 33.8 Å². The van der Waals surface area contributed by atoms with Gasteiger partial charge in [0.05, 0.1) is 0 Å². The third-order valence-corrected chi connectivity index (χ3v) is 26.5. The SMILES string of the molecule is CC(C)[Si](C#Cc1cc2c3c(c(C#C[Si](C(C)C)(C(C)C)C(C)C)cc4c3c1Cc1ccsc1-4)Cc1ccsc1-2)(C(C)C)C(C)C. The van der Waals surface area contributed by atoms with Crippen LogP contribution >= 0.6 is 22.7 Å². The van der Waals surface area contributed by atoms with Gasteiger partial charge in [-0.2, -0.15) is 0 Å². The summed E-state index contributed by atoms with van der Waals surface area (Å²) in [6.07, 6.45) is 1.94. The molecule has 2 aliphatic carbocycles. The van der Waals surface area contributed by atoms with Crippen molar-refractivity contribution in [1.82, 2.24) is 0 Å². The normalized spacial score (nSPS) is 13.9. The Morgan fingerprint density at radius 1 is 0.522 bits per heavy atom. The van der Waals surface area contributed by atoms with E-state index in [1.165, 1.54) is 65.0 Å². The Kier molecular flexibility index (Phi) is 8.95. The lowest BCUT2D eigenvalue weighted by atomic mass is 9.77. The summed E-state index contributed by atoms with van der Waals surface area (Å²) in [4.78, 5) is 2.87. The Labute approximate surface area is 289 Å². The van der Waals surface area contributed by atoms with E-state index in [1.54, 1.807) is 0 Å². The van der Waals surface area contributed by atoms with E-state index in [4.69, 9.17) is 0 Å². The fourth-order valence-corrected chi connectivity index (χ4v) is 22.1. The van der Waals surface area contributed by atoms with Crippen molar-refractivity contribution in [3.63, 3.8) is 0 Å². The highest BCUT2D eigenvalue weighted by atomic mass is 32.1. The third-order valence-electron chi connectivity index (χ3n) is 11.9. The van der Waals surface area contributed by atoms with E-state index < -0.39 is 16.1 Å². The molecular formula is C42H52S2Si2. The zero-order valence-corrected chi connectivity index (χ0v) is 33.8. The van der Waals surface area contributed by atoms with Crippen LogP contribution in [0.5, 0.6) is 0 Å². The molecule has 2 aromatic heterocycles. The maximum absolute atomic E-state index is 4.11. The molecule has 4 heteroatoms. The van der Waals surface area contributed by atoms with Gasteiger partial charge < -0.3 is 0 Å². The van der Waals surface area contributed by atoms with Crippen LogP contribution in [0.1, 0.15) is 116 Å². The minimum absolute atomic E-state index is 0.615. The summed E-state index contributed by atoms with van der Waals surface area (Å²) in [6, 6.07) is 9.70. The van der Waals surface area contributed by atoms with Gasteiger partial charge in [-0.25, -0.2) is 0 Å². The summed E-state index contributed by atoms with van der Waals surface area (Å²) in [6.45, 7) is 29.1. The fourth-order valence-electron chi connectivity index (χ4n) is 9.74. The van der Waals surface area contributed by atoms with Gasteiger partial charge in [0.2, 0.25) is 0 Å². The average Bonchev–Trinajstić information content (AvgIpc) is 3.65. The minimum Gasteiger partial charge on any atom is -0.144 e. The molecule has 0 spiro atoms. The molecule has 0 aliphatic heterocycles. The Hall–Kier alpha value is -2.35. The molecule has 6 rings (SSSR count). The maximum Gasteiger partial charge on any atom is 0.146 e. The summed E-state index contributed by atoms with van der Waals surface area (Å²) >= 11 is 3.81. The molecule has 0 fully saturated rings. The summed E-state index contributed by atoms with van der Waals surface area (Å²) in [5, 5.41) is 7.50. The molecule has 240 valence electrons.